The van der Waals surface area contributed by atoms with E-state index >= 15 is 0 Å². The van der Waals surface area contributed by atoms with Gasteiger partial charge < -0.3 is 0 Å². The zero-order chi connectivity index (χ0) is 26.4. The first-order valence-corrected chi connectivity index (χ1v) is 16.3. The van der Waals surface area contributed by atoms with Crippen molar-refractivity contribution in [1.29, 1.82) is 0 Å². The number of para-hydroxylation sites is 1. The molecule has 0 fully saturated rings. The molecule has 0 aliphatic carbocycles. The Morgan fingerprint density at radius 1 is 0.359 bits per heavy atom. The van der Waals surface area contributed by atoms with Gasteiger partial charge in [0.05, 0.1) is 0 Å². The summed E-state index contributed by atoms with van der Waals surface area (Å²) in [5.41, 5.74) is 0. The van der Waals surface area contributed by atoms with Crippen molar-refractivity contribution in [2.45, 2.75) is 0 Å². The first kappa shape index (κ1) is 25.3. The van der Waals surface area contributed by atoms with E-state index in [9.17, 15) is 0 Å². The summed E-state index contributed by atoms with van der Waals surface area (Å²) in [6, 6.07) is 63.5. The minimum absolute atomic E-state index is 0.147. The second-order valence-corrected chi connectivity index (χ2v) is 15.2. The number of hydrogen-bond donors (Lipinski definition) is 0. The molecule has 3 heteroatoms. The zero-order valence-electron chi connectivity index (χ0n) is 21.6. The molecule has 0 heterocycles. The van der Waals surface area contributed by atoms with Gasteiger partial charge in [-0.3, -0.25) is 0 Å². The van der Waals surface area contributed by atoms with Crippen molar-refractivity contribution in [1.82, 2.24) is 0 Å². The number of rotatable bonds is 8. The molecule has 6 aromatic carbocycles. The van der Waals surface area contributed by atoms with Gasteiger partial charge in [0.15, 0.2) is 0 Å². The third-order valence-corrected chi connectivity index (χ3v) is 15.4. The van der Waals surface area contributed by atoms with Crippen molar-refractivity contribution in [2.75, 3.05) is 0 Å². The van der Waals surface area contributed by atoms with E-state index in [1.54, 1.807) is 0 Å². The first-order chi connectivity index (χ1) is 19.3. The van der Waals surface area contributed by atoms with E-state index in [1.165, 1.54) is 31.8 Å². The van der Waals surface area contributed by atoms with Crippen molar-refractivity contribution in [3.05, 3.63) is 176 Å². The summed E-state index contributed by atoms with van der Waals surface area (Å²) < 4.78 is 6.47. The van der Waals surface area contributed by atoms with Crippen LogP contribution in [0.1, 0.15) is 0 Å². The second-order valence-electron chi connectivity index (χ2n) is 9.49. The molecular formula is C36H30OP2. The van der Waals surface area contributed by atoms with E-state index in [0.717, 1.165) is 5.75 Å². The maximum atomic E-state index is 6.47. The van der Waals surface area contributed by atoms with Gasteiger partial charge in [-0.05, 0) is 0 Å². The van der Waals surface area contributed by atoms with Gasteiger partial charge in [-0.2, -0.15) is 0 Å². The Morgan fingerprint density at radius 2 is 0.692 bits per heavy atom. The molecule has 1 atom stereocenters. The first-order valence-electron chi connectivity index (χ1n) is 13.2. The van der Waals surface area contributed by atoms with Gasteiger partial charge in [0.1, 0.15) is 0 Å². The quantitative estimate of drug-likeness (QED) is 0.201. The average Bonchev–Trinajstić information content (AvgIpc) is 3.04. The molecular weight excluding hydrogens is 510 g/mol. The number of benzene rings is 6. The van der Waals surface area contributed by atoms with Crippen LogP contribution in [-0.2, 0) is 0 Å². The fraction of sp³-hybridized carbons (Fsp3) is 0. The summed E-state index contributed by atoms with van der Waals surface area (Å²) in [4.78, 5) is 0. The average molecular weight is 541 g/mol. The van der Waals surface area contributed by atoms with Gasteiger partial charge in [0.2, 0.25) is 0 Å². The Morgan fingerprint density at radius 3 is 1.10 bits per heavy atom. The monoisotopic (exact) mass is 540 g/mol. The van der Waals surface area contributed by atoms with Crippen LogP contribution in [0.4, 0.5) is 0 Å². The summed E-state index contributed by atoms with van der Waals surface area (Å²) in [7, 11) is 0.147. The predicted octanol–water partition coefficient (Wildman–Crippen LogP) is 6.47. The Hall–Kier alpha value is -4.02. The molecule has 0 amide bonds. The molecule has 190 valence electrons. The molecule has 0 saturated carbocycles. The predicted molar refractivity (Wildman–Crippen MR) is 172 cm³/mol. The van der Waals surface area contributed by atoms with Crippen LogP contribution in [0.15, 0.2) is 176 Å². The SMILES string of the molecule is c1ccc(OPc2ccccc2P(c2ccccc2)(c2ccccc2)(c2ccccc2)c2ccccc2)cc1. The van der Waals surface area contributed by atoms with Crippen LogP contribution in [0.5, 0.6) is 5.75 Å². The van der Waals surface area contributed by atoms with Crippen molar-refractivity contribution in [3.63, 3.8) is 0 Å². The van der Waals surface area contributed by atoms with Crippen molar-refractivity contribution in [3.8, 4) is 5.75 Å². The van der Waals surface area contributed by atoms with Gasteiger partial charge in [0, 0.05) is 0 Å². The Kier molecular flexibility index (Phi) is 7.12. The van der Waals surface area contributed by atoms with Gasteiger partial charge in [-0.25, -0.2) is 0 Å². The summed E-state index contributed by atoms with van der Waals surface area (Å²) in [5.74, 6) is 0.879. The molecule has 0 saturated heterocycles. The molecule has 0 aliphatic rings. The second kappa shape index (κ2) is 11.0. The Labute approximate surface area is 233 Å². The standard InChI is InChI=1S/C36H30OP2/c1-6-18-30(19-7-1)37-38-35-28-16-17-29-36(35)39(31-20-8-2-9-21-31,32-22-10-3-11-23-32,33-24-12-4-13-25-33)34-26-14-5-15-27-34/h1-29,38H. The van der Waals surface area contributed by atoms with Crippen molar-refractivity contribution < 1.29 is 4.52 Å². The van der Waals surface area contributed by atoms with Gasteiger partial charge in [-0.15, -0.1) is 0 Å². The van der Waals surface area contributed by atoms with E-state index in [4.69, 9.17) is 4.52 Å². The Bertz CT molecular complexity index is 1470. The number of hydrogen-bond acceptors (Lipinski definition) is 1. The molecule has 0 aromatic heterocycles. The molecule has 0 aliphatic heterocycles. The molecule has 0 bridgehead atoms. The molecule has 0 spiro atoms. The van der Waals surface area contributed by atoms with Crippen LogP contribution in [0.25, 0.3) is 0 Å². The summed E-state index contributed by atoms with van der Waals surface area (Å²) >= 11 is 0. The normalized spacial score (nSPS) is 12.6. The fourth-order valence-electron chi connectivity index (χ4n) is 5.91. The summed E-state index contributed by atoms with van der Waals surface area (Å²) in [6.07, 6.45) is 0. The van der Waals surface area contributed by atoms with E-state index < -0.39 is 6.60 Å². The minimum atomic E-state index is -3.52. The van der Waals surface area contributed by atoms with E-state index in [1.807, 2.05) is 30.3 Å². The van der Waals surface area contributed by atoms with Crippen molar-refractivity contribution >= 4 is 47.2 Å². The van der Waals surface area contributed by atoms with Gasteiger partial charge in [-0.1, -0.05) is 0 Å². The molecule has 1 nitrogen and oxygen atoms in total. The zero-order valence-corrected chi connectivity index (χ0v) is 23.5. The van der Waals surface area contributed by atoms with Crippen LogP contribution in [0.3, 0.4) is 0 Å². The molecule has 0 radical (unpaired) electrons. The van der Waals surface area contributed by atoms with Crippen LogP contribution in [0, 0.1) is 0 Å². The van der Waals surface area contributed by atoms with Crippen LogP contribution in [-0.4, -0.2) is 0 Å². The van der Waals surface area contributed by atoms with Gasteiger partial charge >= 0.3 is 233 Å². The van der Waals surface area contributed by atoms with Crippen LogP contribution in [0.2, 0.25) is 0 Å². The van der Waals surface area contributed by atoms with Crippen molar-refractivity contribution in [2.24, 2.45) is 0 Å². The molecule has 6 rings (SSSR count). The molecule has 1 unspecified atom stereocenters. The fourth-order valence-corrected chi connectivity index (χ4v) is 14.3. The molecule has 0 N–H and O–H groups in total. The Balaban J connectivity index is 1.80. The van der Waals surface area contributed by atoms with Crippen LogP contribution >= 0.6 is 15.4 Å². The van der Waals surface area contributed by atoms with E-state index in [-0.39, 0.29) is 8.81 Å². The molecule has 6 aromatic rings. The third kappa shape index (κ3) is 4.11. The summed E-state index contributed by atoms with van der Waals surface area (Å²) in [6.45, 7) is -3.52. The van der Waals surface area contributed by atoms with Gasteiger partial charge in [0.25, 0.3) is 0 Å². The topological polar surface area (TPSA) is 9.23 Å². The van der Waals surface area contributed by atoms with E-state index in [0.29, 0.717) is 0 Å². The van der Waals surface area contributed by atoms with Crippen LogP contribution < -0.4 is 36.4 Å². The summed E-state index contributed by atoms with van der Waals surface area (Å²) in [5, 5.41) is 7.76. The maximum absolute atomic E-state index is 6.47. The third-order valence-electron chi connectivity index (χ3n) is 7.50. The van der Waals surface area contributed by atoms with E-state index in [2.05, 4.69) is 146 Å². The molecule has 39 heavy (non-hydrogen) atoms.